The molecule has 106 valence electrons. The van der Waals surface area contributed by atoms with Crippen LogP contribution in [0.25, 0.3) is 0 Å². The lowest BCUT2D eigenvalue weighted by Gasteiger charge is -2.38. The number of nitrogens with two attached hydrogens (primary N) is 1. The zero-order valence-electron chi connectivity index (χ0n) is 11.3. The molecule has 0 saturated carbocycles. The molecule has 0 saturated heterocycles. The van der Waals surface area contributed by atoms with Crippen LogP contribution in [0.2, 0.25) is 0 Å². The van der Waals surface area contributed by atoms with Crippen molar-refractivity contribution in [2.24, 2.45) is 5.73 Å². The highest BCUT2D eigenvalue weighted by Gasteiger charge is 2.31. The first-order valence-electron chi connectivity index (χ1n) is 6.90. The molecule has 1 aromatic carbocycles. The van der Waals surface area contributed by atoms with Crippen molar-refractivity contribution < 1.29 is 9.53 Å². The highest BCUT2D eigenvalue weighted by molar-refractivity contribution is 5.81. The van der Waals surface area contributed by atoms with Gasteiger partial charge in [-0.2, -0.15) is 0 Å². The van der Waals surface area contributed by atoms with Crippen LogP contribution in [0.5, 0.6) is 0 Å². The molecular formula is C15H19N3O2. The Hall–Kier alpha value is -1.85. The van der Waals surface area contributed by atoms with Gasteiger partial charge in [-0.1, -0.05) is 30.3 Å². The molecule has 0 fully saturated rings. The van der Waals surface area contributed by atoms with Crippen LogP contribution in [0.3, 0.4) is 0 Å². The Morgan fingerprint density at radius 2 is 2.20 bits per heavy atom. The van der Waals surface area contributed by atoms with Crippen molar-refractivity contribution in [1.82, 2.24) is 10.2 Å². The molecule has 0 spiro atoms. The molecule has 1 unspecified atom stereocenters. The van der Waals surface area contributed by atoms with Crippen LogP contribution in [0.15, 0.2) is 41.7 Å². The Bertz CT molecular complexity index is 523. The zero-order valence-corrected chi connectivity index (χ0v) is 11.3. The van der Waals surface area contributed by atoms with Gasteiger partial charge in [0.25, 0.3) is 0 Å². The van der Waals surface area contributed by atoms with E-state index in [0.29, 0.717) is 26.2 Å². The summed E-state index contributed by atoms with van der Waals surface area (Å²) in [7, 11) is 0. The molecule has 3 N–H and O–H groups in total. The Labute approximate surface area is 118 Å². The van der Waals surface area contributed by atoms with E-state index in [1.54, 1.807) is 0 Å². The first-order valence-corrected chi connectivity index (χ1v) is 6.90. The number of benzene rings is 1. The van der Waals surface area contributed by atoms with Gasteiger partial charge in [-0.25, -0.2) is 0 Å². The predicted molar refractivity (Wildman–Crippen MR) is 75.7 cm³/mol. The minimum atomic E-state index is -0.230. The smallest absolute Gasteiger partial charge is 0.231 e. The second-order valence-corrected chi connectivity index (χ2v) is 5.12. The maximum absolute atomic E-state index is 12.5. The SMILES string of the molecule is NC1COCC2=C1N(C(=O)Cc1ccccc1)CCN2. The molecule has 0 radical (unpaired) electrons. The minimum Gasteiger partial charge on any atom is -0.383 e. The molecule has 1 amide bonds. The van der Waals surface area contributed by atoms with E-state index in [0.717, 1.165) is 23.5 Å². The first kappa shape index (κ1) is 13.1. The summed E-state index contributed by atoms with van der Waals surface area (Å²) in [6.07, 6.45) is 0.408. The van der Waals surface area contributed by atoms with Crippen molar-refractivity contribution in [3.05, 3.63) is 47.3 Å². The van der Waals surface area contributed by atoms with E-state index in [-0.39, 0.29) is 11.9 Å². The molecule has 1 aromatic rings. The third-order valence-corrected chi connectivity index (χ3v) is 3.67. The average Bonchev–Trinajstić information content (AvgIpc) is 2.48. The molecule has 5 heteroatoms. The van der Waals surface area contributed by atoms with Crippen LogP contribution in [-0.2, 0) is 16.0 Å². The van der Waals surface area contributed by atoms with Gasteiger partial charge in [-0.3, -0.25) is 4.79 Å². The topological polar surface area (TPSA) is 67.6 Å². The Morgan fingerprint density at radius 1 is 1.40 bits per heavy atom. The minimum absolute atomic E-state index is 0.0996. The summed E-state index contributed by atoms with van der Waals surface area (Å²) >= 11 is 0. The van der Waals surface area contributed by atoms with E-state index in [1.807, 2.05) is 35.2 Å². The van der Waals surface area contributed by atoms with E-state index >= 15 is 0 Å². The second kappa shape index (κ2) is 5.64. The lowest BCUT2D eigenvalue weighted by Crippen LogP contribution is -2.52. The Balaban J connectivity index is 1.80. The summed E-state index contributed by atoms with van der Waals surface area (Å²) in [5.74, 6) is 0.0996. The summed E-state index contributed by atoms with van der Waals surface area (Å²) in [5, 5.41) is 3.28. The number of nitrogens with one attached hydrogen (secondary N) is 1. The Morgan fingerprint density at radius 3 is 3.00 bits per heavy atom. The van der Waals surface area contributed by atoms with Crippen LogP contribution < -0.4 is 11.1 Å². The number of carbonyl (C=O) groups excluding carboxylic acids is 1. The summed E-state index contributed by atoms with van der Waals surface area (Å²) in [5.41, 5.74) is 8.98. The molecule has 0 aliphatic carbocycles. The van der Waals surface area contributed by atoms with E-state index in [1.165, 1.54) is 0 Å². The number of ether oxygens (including phenoxy) is 1. The molecule has 2 heterocycles. The van der Waals surface area contributed by atoms with Crippen molar-refractivity contribution in [3.63, 3.8) is 0 Å². The van der Waals surface area contributed by atoms with Crippen molar-refractivity contribution in [1.29, 1.82) is 0 Å². The van der Waals surface area contributed by atoms with Gasteiger partial charge in [-0.15, -0.1) is 0 Å². The standard InChI is InChI=1S/C15H19N3O2/c16-12-9-20-10-13-15(12)18(7-6-17-13)14(19)8-11-4-2-1-3-5-11/h1-5,12,17H,6-10,16H2. The van der Waals surface area contributed by atoms with Crippen LogP contribution in [0.4, 0.5) is 0 Å². The Kier molecular flexibility index (Phi) is 3.71. The van der Waals surface area contributed by atoms with E-state index in [4.69, 9.17) is 10.5 Å². The quantitative estimate of drug-likeness (QED) is 0.809. The lowest BCUT2D eigenvalue weighted by atomic mass is 10.1. The molecule has 3 rings (SSSR count). The molecule has 2 aliphatic rings. The average molecular weight is 273 g/mol. The maximum Gasteiger partial charge on any atom is 0.231 e. The van der Waals surface area contributed by atoms with E-state index < -0.39 is 0 Å². The summed E-state index contributed by atoms with van der Waals surface area (Å²) in [6, 6.07) is 9.56. The monoisotopic (exact) mass is 273 g/mol. The third-order valence-electron chi connectivity index (χ3n) is 3.67. The van der Waals surface area contributed by atoms with Gasteiger partial charge < -0.3 is 20.7 Å². The first-order chi connectivity index (χ1) is 9.75. The van der Waals surface area contributed by atoms with Crippen molar-refractivity contribution >= 4 is 5.91 Å². The van der Waals surface area contributed by atoms with Gasteiger partial charge in [0.2, 0.25) is 5.91 Å². The number of carbonyl (C=O) groups is 1. The van der Waals surface area contributed by atoms with Gasteiger partial charge in [0.05, 0.1) is 37.1 Å². The van der Waals surface area contributed by atoms with Crippen LogP contribution in [0, 0.1) is 0 Å². The number of amides is 1. The molecule has 5 nitrogen and oxygen atoms in total. The molecule has 1 atom stereocenters. The summed E-state index contributed by atoms with van der Waals surface area (Å²) < 4.78 is 5.41. The maximum atomic E-state index is 12.5. The zero-order chi connectivity index (χ0) is 13.9. The summed E-state index contributed by atoms with van der Waals surface area (Å²) in [4.78, 5) is 14.4. The van der Waals surface area contributed by atoms with Gasteiger partial charge in [0.1, 0.15) is 0 Å². The van der Waals surface area contributed by atoms with Gasteiger partial charge in [0.15, 0.2) is 0 Å². The second-order valence-electron chi connectivity index (χ2n) is 5.12. The van der Waals surface area contributed by atoms with E-state index in [2.05, 4.69) is 5.32 Å². The fourth-order valence-electron chi connectivity index (χ4n) is 2.73. The lowest BCUT2D eigenvalue weighted by molar-refractivity contribution is -0.129. The van der Waals surface area contributed by atoms with Crippen LogP contribution >= 0.6 is 0 Å². The van der Waals surface area contributed by atoms with Crippen molar-refractivity contribution in [3.8, 4) is 0 Å². The van der Waals surface area contributed by atoms with E-state index in [9.17, 15) is 4.79 Å². The fourth-order valence-corrected chi connectivity index (χ4v) is 2.73. The van der Waals surface area contributed by atoms with Gasteiger partial charge in [0, 0.05) is 13.1 Å². The molecule has 2 aliphatic heterocycles. The summed E-state index contributed by atoms with van der Waals surface area (Å²) in [6.45, 7) is 2.39. The van der Waals surface area contributed by atoms with Crippen molar-refractivity contribution in [2.75, 3.05) is 26.3 Å². The molecule has 0 aromatic heterocycles. The number of rotatable bonds is 2. The highest BCUT2D eigenvalue weighted by atomic mass is 16.5. The predicted octanol–water partition coefficient (Wildman–Crippen LogP) is 0.230. The van der Waals surface area contributed by atoms with Gasteiger partial charge >= 0.3 is 0 Å². The fraction of sp³-hybridized carbons (Fsp3) is 0.400. The highest BCUT2D eigenvalue weighted by Crippen LogP contribution is 2.21. The third kappa shape index (κ3) is 2.55. The van der Waals surface area contributed by atoms with Crippen LogP contribution in [0.1, 0.15) is 5.56 Å². The number of hydrogen-bond donors (Lipinski definition) is 2. The number of nitrogens with zero attached hydrogens (tertiary/aromatic N) is 1. The normalized spacial score (nSPS) is 22.2. The molecule has 20 heavy (non-hydrogen) atoms. The van der Waals surface area contributed by atoms with Gasteiger partial charge in [-0.05, 0) is 5.56 Å². The van der Waals surface area contributed by atoms with Crippen LogP contribution in [-0.4, -0.2) is 43.2 Å². The molecular weight excluding hydrogens is 254 g/mol. The molecule has 0 bridgehead atoms. The largest absolute Gasteiger partial charge is 0.383 e. The van der Waals surface area contributed by atoms with Crippen molar-refractivity contribution in [2.45, 2.75) is 12.5 Å². The number of hydrogen-bond acceptors (Lipinski definition) is 4.